The third kappa shape index (κ3) is 14.5. The molecular formula is C48H45Cl5N8O8. The minimum atomic E-state index is -1.65. The molecule has 4 N–H and O–H groups in total. The second-order valence-electron chi connectivity index (χ2n) is 14.9. The van der Waals surface area contributed by atoms with Gasteiger partial charge in [-0.25, -0.2) is 0 Å². The second kappa shape index (κ2) is 25.3. The highest BCUT2D eigenvalue weighted by Crippen LogP contribution is 2.33. The largest absolute Gasteiger partial charge is 0.494 e. The van der Waals surface area contributed by atoms with Crippen molar-refractivity contribution in [3.8, 4) is 11.5 Å². The topological polar surface area (TPSA) is 218 Å². The van der Waals surface area contributed by atoms with Crippen LogP contribution in [0.4, 0.5) is 34.1 Å². The summed E-state index contributed by atoms with van der Waals surface area (Å²) in [7, 11) is 0. The van der Waals surface area contributed by atoms with Crippen molar-refractivity contribution in [2.24, 2.45) is 20.5 Å². The minimum absolute atomic E-state index is 0.0110. The van der Waals surface area contributed by atoms with Crippen molar-refractivity contribution in [3.63, 3.8) is 0 Å². The molecule has 0 radical (unpaired) electrons. The molecule has 360 valence electrons. The van der Waals surface area contributed by atoms with Crippen LogP contribution >= 0.6 is 58.0 Å². The van der Waals surface area contributed by atoms with Crippen LogP contribution in [0.3, 0.4) is 0 Å². The molecule has 0 saturated heterocycles. The van der Waals surface area contributed by atoms with Crippen LogP contribution < -0.4 is 30.7 Å². The van der Waals surface area contributed by atoms with E-state index in [0.29, 0.717) is 52.8 Å². The number of ether oxygens (including phenoxy) is 2. The van der Waals surface area contributed by atoms with Crippen molar-refractivity contribution in [3.05, 3.63) is 129 Å². The highest BCUT2D eigenvalue weighted by Gasteiger charge is 2.27. The average molecular weight is 1040 g/mol. The van der Waals surface area contributed by atoms with Gasteiger partial charge >= 0.3 is 0 Å². The van der Waals surface area contributed by atoms with Gasteiger partial charge in [0.05, 0.1) is 40.4 Å². The van der Waals surface area contributed by atoms with E-state index in [-0.39, 0.29) is 55.7 Å². The molecule has 16 nitrogen and oxygen atoms in total. The number of benzene rings is 5. The summed E-state index contributed by atoms with van der Waals surface area (Å²) in [6, 6.07) is 19.6. The van der Waals surface area contributed by atoms with E-state index in [1.165, 1.54) is 54.6 Å². The predicted molar refractivity (Wildman–Crippen MR) is 269 cm³/mol. The quantitative estimate of drug-likeness (QED) is 0.0314. The highest BCUT2D eigenvalue weighted by molar-refractivity contribution is 6.33. The molecule has 0 saturated carbocycles. The Kier molecular flexibility index (Phi) is 19.6. The molecule has 0 aromatic heterocycles. The van der Waals surface area contributed by atoms with Gasteiger partial charge in [-0.05, 0) is 131 Å². The van der Waals surface area contributed by atoms with Crippen LogP contribution in [-0.4, -0.2) is 60.5 Å². The summed E-state index contributed by atoms with van der Waals surface area (Å²) in [5, 5.41) is 26.3. The molecule has 5 rings (SSSR count). The number of ketones is 2. The van der Waals surface area contributed by atoms with E-state index < -0.39 is 52.7 Å². The van der Waals surface area contributed by atoms with Gasteiger partial charge in [0, 0.05) is 45.0 Å². The first-order chi connectivity index (χ1) is 33.0. The number of amides is 4. The number of carbonyl (C=O) groups is 6. The number of hydrogen-bond acceptors (Lipinski definition) is 12. The molecule has 0 fully saturated rings. The van der Waals surface area contributed by atoms with E-state index >= 15 is 0 Å². The van der Waals surface area contributed by atoms with E-state index in [1.54, 1.807) is 43.3 Å². The Balaban J connectivity index is 1.27. The molecule has 69 heavy (non-hydrogen) atoms. The van der Waals surface area contributed by atoms with Crippen LogP contribution in [-0.2, 0) is 30.9 Å². The zero-order chi connectivity index (χ0) is 50.4. The van der Waals surface area contributed by atoms with E-state index in [9.17, 15) is 28.8 Å². The molecule has 0 aliphatic heterocycles. The molecule has 0 aliphatic rings. The van der Waals surface area contributed by atoms with Crippen molar-refractivity contribution in [2.75, 3.05) is 34.5 Å². The summed E-state index contributed by atoms with van der Waals surface area (Å²) in [5.41, 5.74) is 3.31. The van der Waals surface area contributed by atoms with Crippen molar-refractivity contribution in [1.29, 1.82) is 0 Å². The van der Waals surface area contributed by atoms with Gasteiger partial charge in [0.15, 0.2) is 11.6 Å². The van der Waals surface area contributed by atoms with E-state index in [1.807, 2.05) is 13.8 Å². The van der Waals surface area contributed by atoms with Crippen molar-refractivity contribution in [1.82, 2.24) is 0 Å². The summed E-state index contributed by atoms with van der Waals surface area (Å²) in [4.78, 5) is 78.8. The van der Waals surface area contributed by atoms with Gasteiger partial charge in [-0.3, -0.25) is 28.8 Å². The van der Waals surface area contributed by atoms with Gasteiger partial charge in [-0.1, -0.05) is 23.2 Å². The molecule has 4 amide bonds. The summed E-state index contributed by atoms with van der Waals surface area (Å²) in [5.74, 6) is -2.55. The average Bonchev–Trinajstić information content (AvgIpc) is 3.31. The monoisotopic (exact) mass is 1040 g/mol. The fourth-order valence-corrected chi connectivity index (χ4v) is 7.26. The molecule has 0 spiro atoms. The first-order valence-corrected chi connectivity index (χ1v) is 23.3. The van der Waals surface area contributed by atoms with Crippen molar-refractivity contribution >= 4 is 127 Å². The zero-order valence-corrected chi connectivity index (χ0v) is 41.4. The maximum absolute atomic E-state index is 13.6. The van der Waals surface area contributed by atoms with Gasteiger partial charge in [-0.15, -0.1) is 34.8 Å². The maximum Gasteiger partial charge on any atom is 0.258 e. The third-order valence-electron chi connectivity index (χ3n) is 9.78. The number of nitrogens with zero attached hydrogens (tertiary/aromatic N) is 4. The Morgan fingerprint density at radius 2 is 0.986 bits per heavy atom. The molecule has 5 aromatic rings. The molecule has 5 aromatic carbocycles. The zero-order valence-electron chi connectivity index (χ0n) is 37.7. The molecule has 0 heterocycles. The summed E-state index contributed by atoms with van der Waals surface area (Å²) < 4.78 is 11.1. The molecule has 3 unspecified atom stereocenters. The number of nitrogens with one attached hydrogen (secondary N) is 4. The number of rotatable bonds is 21. The van der Waals surface area contributed by atoms with Crippen molar-refractivity contribution in [2.45, 2.75) is 63.8 Å². The standard InChI is InChI=1S/C48H45Cl5N8O8/c1-6-68-41-16-11-32(18-30(41)23-49)54-45(64)28-8-13-36(52)39(20-28)58-60-43(26(4)62)47(66)56-34-10-15-38(35(22-34)25(3)51)57-48(67)44(27(5)63)61-59-40-21-29(9-14-37(40)53)46(65)55-33-12-17-42(69-7-2)31(19-33)24-50/h8-22,25,43-44H,6-7,23-24H2,1-5H3,(H,54,64)(H,55,65)(H,56,66)(H,57,67). The Hall–Kier alpha value is -6.43. The van der Waals surface area contributed by atoms with Crippen LogP contribution in [0, 0.1) is 0 Å². The van der Waals surface area contributed by atoms with Crippen LogP contribution in [0.5, 0.6) is 11.5 Å². The summed E-state index contributed by atoms with van der Waals surface area (Å²) in [6.45, 7) is 8.49. The van der Waals surface area contributed by atoms with Gasteiger partial charge in [0.25, 0.3) is 23.6 Å². The van der Waals surface area contributed by atoms with E-state index in [0.717, 1.165) is 13.8 Å². The van der Waals surface area contributed by atoms with Crippen LogP contribution in [0.15, 0.2) is 111 Å². The number of anilines is 4. The Morgan fingerprint density at radius 1 is 0.565 bits per heavy atom. The number of Topliss-reactive ketones (excluding diaryl/α,β-unsaturated/α-hetero) is 2. The molecule has 21 heteroatoms. The van der Waals surface area contributed by atoms with Crippen LogP contribution in [0.2, 0.25) is 10.0 Å². The maximum atomic E-state index is 13.6. The lowest BCUT2D eigenvalue weighted by atomic mass is 10.1. The summed E-state index contributed by atoms with van der Waals surface area (Å²) in [6.07, 6.45) is 0. The first-order valence-electron chi connectivity index (χ1n) is 21.0. The third-order valence-corrected chi connectivity index (χ3v) is 11.2. The number of carbonyl (C=O) groups excluding carboxylic acids is 6. The fourth-order valence-electron chi connectivity index (χ4n) is 6.36. The number of alkyl halides is 3. The Bertz CT molecular complexity index is 2820. The molecule has 0 bridgehead atoms. The first kappa shape index (κ1) is 53.5. The molecular weight excluding hydrogens is 994 g/mol. The van der Waals surface area contributed by atoms with Gasteiger partial charge < -0.3 is 30.7 Å². The fraction of sp³-hybridized carbons (Fsp3) is 0.250. The summed E-state index contributed by atoms with van der Waals surface area (Å²) >= 11 is 31.4. The lowest BCUT2D eigenvalue weighted by Crippen LogP contribution is -2.32. The van der Waals surface area contributed by atoms with Crippen LogP contribution in [0.1, 0.15) is 77.4 Å². The Labute approximate surface area is 422 Å². The second-order valence-corrected chi connectivity index (χ2v) is 16.9. The van der Waals surface area contributed by atoms with E-state index in [2.05, 4.69) is 41.7 Å². The highest BCUT2D eigenvalue weighted by atomic mass is 35.5. The number of halogens is 5. The van der Waals surface area contributed by atoms with Gasteiger partial charge in [0.1, 0.15) is 22.9 Å². The SMILES string of the molecule is CCOc1ccc(NC(=O)c2ccc(Cl)c(N=NC(C(C)=O)C(=O)Nc3ccc(NC(=O)C(N=Nc4cc(C(=O)Nc5ccc(OCC)c(CCl)c5)ccc4Cl)C(C)=O)c(C(C)Cl)c3)c2)cc1CCl. The smallest absolute Gasteiger partial charge is 0.258 e. The van der Waals surface area contributed by atoms with Crippen LogP contribution in [0.25, 0.3) is 0 Å². The van der Waals surface area contributed by atoms with Gasteiger partial charge in [0.2, 0.25) is 12.1 Å². The van der Waals surface area contributed by atoms with Crippen molar-refractivity contribution < 1.29 is 38.2 Å². The lowest BCUT2D eigenvalue weighted by Gasteiger charge is -2.17. The normalized spacial score (nSPS) is 12.5. The minimum Gasteiger partial charge on any atom is -0.494 e. The van der Waals surface area contributed by atoms with Gasteiger partial charge in [-0.2, -0.15) is 20.5 Å². The number of azo groups is 2. The molecule has 0 aliphatic carbocycles. The predicted octanol–water partition coefficient (Wildman–Crippen LogP) is 12.4. The number of hydrogen-bond donors (Lipinski definition) is 4. The molecule has 3 atom stereocenters. The van der Waals surface area contributed by atoms with E-state index in [4.69, 9.17) is 67.5 Å². The Morgan fingerprint density at radius 3 is 1.39 bits per heavy atom. The lowest BCUT2D eigenvalue weighted by molar-refractivity contribution is -0.127.